The van der Waals surface area contributed by atoms with Gasteiger partial charge in [-0.1, -0.05) is 41.1 Å². The number of rotatable bonds is 7. The highest BCUT2D eigenvalue weighted by atomic mass is 35.5. The van der Waals surface area contributed by atoms with Crippen molar-refractivity contribution in [1.82, 2.24) is 9.88 Å². The molecule has 0 bridgehead atoms. The van der Waals surface area contributed by atoms with Crippen molar-refractivity contribution in [2.24, 2.45) is 0 Å². The van der Waals surface area contributed by atoms with Crippen LogP contribution in [0.5, 0.6) is 5.75 Å². The number of hydrogen-bond acceptors (Lipinski definition) is 6. The lowest BCUT2D eigenvalue weighted by molar-refractivity contribution is -0.120. The second-order valence-corrected chi connectivity index (χ2v) is 8.61. The molecule has 30 heavy (non-hydrogen) atoms. The zero-order valence-corrected chi connectivity index (χ0v) is 18.4. The lowest BCUT2D eigenvalue weighted by Gasteiger charge is -2.29. The largest absolute Gasteiger partial charge is 0.483 e. The monoisotopic (exact) mass is 445 g/mol. The molecule has 0 spiro atoms. The summed E-state index contributed by atoms with van der Waals surface area (Å²) < 4.78 is 12.2. The van der Waals surface area contributed by atoms with Crippen molar-refractivity contribution in [2.75, 3.05) is 50.9 Å². The standard InChI is InChI=1S/C22H24ClN3O3S/c1-16-4-2-3-5-19(16)29-15-21(27)26(9-8-25-10-12-28-13-11-25)22-24-18-7-6-17(23)14-20(18)30-22/h2-7,14H,8-13,15H2,1H3. The highest BCUT2D eigenvalue weighted by Crippen LogP contribution is 2.31. The van der Waals surface area contributed by atoms with Crippen molar-refractivity contribution < 1.29 is 14.3 Å². The number of fused-ring (bicyclic) bond motifs is 1. The topological polar surface area (TPSA) is 54.9 Å². The second-order valence-electron chi connectivity index (χ2n) is 7.16. The number of aromatic nitrogens is 1. The first-order chi connectivity index (χ1) is 14.6. The summed E-state index contributed by atoms with van der Waals surface area (Å²) in [4.78, 5) is 21.9. The van der Waals surface area contributed by atoms with Gasteiger partial charge in [0.25, 0.3) is 5.91 Å². The third-order valence-corrected chi connectivity index (χ3v) is 6.34. The molecule has 4 rings (SSSR count). The van der Waals surface area contributed by atoms with Gasteiger partial charge in [-0.05, 0) is 36.8 Å². The molecule has 1 saturated heterocycles. The Morgan fingerprint density at radius 2 is 2.07 bits per heavy atom. The predicted octanol–water partition coefficient (Wildman–Crippen LogP) is 4.00. The molecule has 158 valence electrons. The van der Waals surface area contributed by atoms with Gasteiger partial charge in [0.2, 0.25) is 0 Å². The lowest BCUT2D eigenvalue weighted by atomic mass is 10.2. The van der Waals surface area contributed by atoms with Crippen LogP contribution in [0.4, 0.5) is 5.13 Å². The molecular weight excluding hydrogens is 422 g/mol. The Hall–Kier alpha value is -2.19. The molecule has 1 fully saturated rings. The lowest BCUT2D eigenvalue weighted by Crippen LogP contribution is -2.44. The summed E-state index contributed by atoms with van der Waals surface area (Å²) in [7, 11) is 0. The van der Waals surface area contributed by atoms with E-state index in [2.05, 4.69) is 9.88 Å². The number of thiazole rings is 1. The smallest absolute Gasteiger partial charge is 0.266 e. The van der Waals surface area contributed by atoms with E-state index in [1.165, 1.54) is 11.3 Å². The van der Waals surface area contributed by atoms with Crippen LogP contribution < -0.4 is 9.64 Å². The average Bonchev–Trinajstić information content (AvgIpc) is 3.16. The summed E-state index contributed by atoms with van der Waals surface area (Å²) in [5, 5.41) is 1.32. The molecule has 0 saturated carbocycles. The number of carbonyl (C=O) groups excluding carboxylic acids is 1. The normalized spacial score (nSPS) is 14.7. The molecule has 1 aromatic heterocycles. The average molecular weight is 446 g/mol. The quantitative estimate of drug-likeness (QED) is 0.550. The van der Waals surface area contributed by atoms with E-state index in [-0.39, 0.29) is 12.5 Å². The first-order valence-electron chi connectivity index (χ1n) is 9.95. The van der Waals surface area contributed by atoms with Gasteiger partial charge in [0, 0.05) is 31.2 Å². The van der Waals surface area contributed by atoms with E-state index < -0.39 is 0 Å². The van der Waals surface area contributed by atoms with Crippen LogP contribution in [0.3, 0.4) is 0 Å². The van der Waals surface area contributed by atoms with Crippen LogP contribution in [-0.4, -0.2) is 61.8 Å². The summed E-state index contributed by atoms with van der Waals surface area (Å²) in [5.41, 5.74) is 1.84. The van der Waals surface area contributed by atoms with Gasteiger partial charge in [-0.15, -0.1) is 0 Å². The van der Waals surface area contributed by atoms with Crippen molar-refractivity contribution in [3.8, 4) is 5.75 Å². The molecule has 0 atom stereocenters. The molecule has 0 radical (unpaired) electrons. The molecule has 3 aromatic rings. The third-order valence-electron chi connectivity index (χ3n) is 5.06. The Labute approximate surface area is 185 Å². The maximum absolute atomic E-state index is 13.1. The number of halogens is 1. The number of hydrogen-bond donors (Lipinski definition) is 0. The van der Waals surface area contributed by atoms with Gasteiger partial charge < -0.3 is 9.47 Å². The third kappa shape index (κ3) is 5.10. The molecule has 0 aliphatic carbocycles. The van der Waals surface area contributed by atoms with E-state index in [4.69, 9.17) is 21.1 Å². The first-order valence-corrected chi connectivity index (χ1v) is 11.1. The van der Waals surface area contributed by atoms with Crippen LogP contribution in [-0.2, 0) is 9.53 Å². The molecule has 1 aliphatic heterocycles. The minimum absolute atomic E-state index is 0.0371. The van der Waals surface area contributed by atoms with E-state index in [0.717, 1.165) is 54.4 Å². The first kappa shape index (κ1) is 21.1. The van der Waals surface area contributed by atoms with Crippen LogP contribution in [0.25, 0.3) is 10.2 Å². The summed E-state index contributed by atoms with van der Waals surface area (Å²) in [6.07, 6.45) is 0. The van der Waals surface area contributed by atoms with Crippen molar-refractivity contribution in [1.29, 1.82) is 0 Å². The number of nitrogens with zero attached hydrogens (tertiary/aromatic N) is 3. The van der Waals surface area contributed by atoms with Gasteiger partial charge in [-0.2, -0.15) is 0 Å². The van der Waals surface area contributed by atoms with Crippen molar-refractivity contribution in [2.45, 2.75) is 6.92 Å². The highest BCUT2D eigenvalue weighted by molar-refractivity contribution is 7.22. The Morgan fingerprint density at radius 3 is 2.87 bits per heavy atom. The van der Waals surface area contributed by atoms with Gasteiger partial charge in [0.1, 0.15) is 5.75 Å². The predicted molar refractivity (Wildman–Crippen MR) is 121 cm³/mol. The van der Waals surface area contributed by atoms with E-state index >= 15 is 0 Å². The van der Waals surface area contributed by atoms with Crippen LogP contribution in [0.15, 0.2) is 42.5 Å². The molecule has 0 unspecified atom stereocenters. The van der Waals surface area contributed by atoms with Crippen LogP contribution >= 0.6 is 22.9 Å². The number of morpholine rings is 1. The maximum Gasteiger partial charge on any atom is 0.266 e. The van der Waals surface area contributed by atoms with E-state index in [1.54, 1.807) is 4.90 Å². The van der Waals surface area contributed by atoms with Gasteiger partial charge in [-0.25, -0.2) is 4.98 Å². The van der Waals surface area contributed by atoms with Crippen LogP contribution in [0.1, 0.15) is 5.56 Å². The minimum atomic E-state index is -0.114. The minimum Gasteiger partial charge on any atom is -0.483 e. The molecule has 2 aromatic carbocycles. The SMILES string of the molecule is Cc1ccccc1OCC(=O)N(CCN1CCOCC1)c1nc2ccc(Cl)cc2s1. The van der Waals surface area contributed by atoms with Gasteiger partial charge in [-0.3, -0.25) is 14.6 Å². The van der Waals surface area contributed by atoms with Crippen LogP contribution in [0.2, 0.25) is 5.02 Å². The Balaban J connectivity index is 1.52. The summed E-state index contributed by atoms with van der Waals surface area (Å²) in [6, 6.07) is 13.3. The van der Waals surface area contributed by atoms with Gasteiger partial charge >= 0.3 is 0 Å². The number of para-hydroxylation sites is 1. The zero-order chi connectivity index (χ0) is 20.9. The fourth-order valence-electron chi connectivity index (χ4n) is 3.33. The second kappa shape index (κ2) is 9.75. The number of ether oxygens (including phenoxy) is 2. The van der Waals surface area contributed by atoms with E-state index in [0.29, 0.717) is 16.7 Å². The van der Waals surface area contributed by atoms with E-state index in [1.807, 2.05) is 49.4 Å². The van der Waals surface area contributed by atoms with Crippen molar-refractivity contribution >= 4 is 44.2 Å². The van der Waals surface area contributed by atoms with Crippen molar-refractivity contribution in [3.05, 3.63) is 53.1 Å². The van der Waals surface area contributed by atoms with Gasteiger partial charge in [0.05, 0.1) is 23.4 Å². The summed E-state index contributed by atoms with van der Waals surface area (Å²) in [5.74, 6) is 0.603. The maximum atomic E-state index is 13.1. The van der Waals surface area contributed by atoms with Crippen LogP contribution in [0, 0.1) is 6.92 Å². The van der Waals surface area contributed by atoms with Gasteiger partial charge in [0.15, 0.2) is 11.7 Å². The Bertz CT molecular complexity index is 1020. The molecule has 6 nitrogen and oxygen atoms in total. The molecule has 8 heteroatoms. The highest BCUT2D eigenvalue weighted by Gasteiger charge is 2.22. The Morgan fingerprint density at radius 1 is 1.27 bits per heavy atom. The summed E-state index contributed by atoms with van der Waals surface area (Å²) >= 11 is 7.60. The molecule has 1 amide bonds. The molecule has 2 heterocycles. The molecule has 0 N–H and O–H groups in total. The van der Waals surface area contributed by atoms with E-state index in [9.17, 15) is 4.79 Å². The fourth-order valence-corrected chi connectivity index (χ4v) is 4.62. The van der Waals surface area contributed by atoms with Crippen molar-refractivity contribution in [3.63, 3.8) is 0 Å². The number of benzene rings is 2. The zero-order valence-electron chi connectivity index (χ0n) is 16.8. The fraction of sp³-hybridized carbons (Fsp3) is 0.364. The number of carbonyl (C=O) groups is 1. The molecular formula is C22H24ClN3O3S. The number of anilines is 1. The Kier molecular flexibility index (Phi) is 6.84. The summed E-state index contributed by atoms with van der Waals surface area (Å²) in [6.45, 7) is 6.43. The molecule has 1 aliphatic rings. The number of aryl methyl sites for hydroxylation is 1. The number of amides is 1.